The predicted molar refractivity (Wildman–Crippen MR) is 128 cm³/mol. The number of anilines is 1. The molecule has 178 valence electrons. The van der Waals surface area contributed by atoms with E-state index >= 15 is 0 Å². The molecule has 0 aromatic heterocycles. The zero-order valence-corrected chi connectivity index (χ0v) is 19.7. The van der Waals surface area contributed by atoms with E-state index in [0.29, 0.717) is 11.3 Å². The number of amides is 2. The fourth-order valence-corrected chi connectivity index (χ4v) is 5.41. The second-order valence-corrected chi connectivity index (χ2v) is 9.19. The van der Waals surface area contributed by atoms with Crippen molar-refractivity contribution in [3.8, 4) is 6.07 Å². The second-order valence-electron chi connectivity index (χ2n) is 8.00. The number of carbonyl (C=O) groups is 3. The summed E-state index contributed by atoms with van der Waals surface area (Å²) >= 11 is 0.992. The van der Waals surface area contributed by atoms with Crippen LogP contribution in [0.25, 0.3) is 0 Å². The van der Waals surface area contributed by atoms with Crippen molar-refractivity contribution in [1.29, 1.82) is 5.26 Å². The minimum atomic E-state index is -1.02. The van der Waals surface area contributed by atoms with E-state index in [1.165, 1.54) is 25.3 Å². The summed E-state index contributed by atoms with van der Waals surface area (Å²) in [6.07, 6.45) is -0.243. The number of halogens is 1. The Hall–Kier alpha value is -4.10. The molecular weight excluding hydrogens is 471 g/mol. The number of nitrogens with zero attached hydrogens (tertiary/aromatic N) is 2. The zero-order chi connectivity index (χ0) is 25.3. The number of nitrogens with one attached hydrogen (secondary N) is 1. The molecule has 1 saturated heterocycles. The van der Waals surface area contributed by atoms with E-state index in [4.69, 9.17) is 10.5 Å². The van der Waals surface area contributed by atoms with Crippen molar-refractivity contribution < 1.29 is 23.5 Å². The van der Waals surface area contributed by atoms with Crippen LogP contribution in [0.4, 0.5) is 10.1 Å². The number of nitrogens with two attached hydrogens (primary N) is 1. The summed E-state index contributed by atoms with van der Waals surface area (Å²) in [7, 11) is 1.21. The Kier molecular flexibility index (Phi) is 6.62. The van der Waals surface area contributed by atoms with Crippen molar-refractivity contribution in [2.24, 2.45) is 5.73 Å². The lowest BCUT2D eigenvalue weighted by atomic mass is 9.82. The molecule has 0 bridgehead atoms. The van der Waals surface area contributed by atoms with E-state index in [-0.39, 0.29) is 28.4 Å². The number of nitriles is 1. The number of rotatable bonds is 5. The summed E-state index contributed by atoms with van der Waals surface area (Å²) in [5, 5.41) is 12.1. The van der Waals surface area contributed by atoms with Crippen LogP contribution in [-0.2, 0) is 19.1 Å². The highest BCUT2D eigenvalue weighted by molar-refractivity contribution is 8.04. The minimum Gasteiger partial charge on any atom is -0.469 e. The summed E-state index contributed by atoms with van der Waals surface area (Å²) in [5.41, 5.74) is 8.01. The maximum atomic E-state index is 14.2. The number of benzene rings is 2. The lowest BCUT2D eigenvalue weighted by molar-refractivity contribution is -0.142. The molecule has 2 aromatic carbocycles. The van der Waals surface area contributed by atoms with Gasteiger partial charge in [0, 0.05) is 5.69 Å². The first-order chi connectivity index (χ1) is 16.7. The van der Waals surface area contributed by atoms with Gasteiger partial charge >= 0.3 is 5.97 Å². The first-order valence-electron chi connectivity index (χ1n) is 10.6. The molecule has 3 N–H and O–H groups in total. The van der Waals surface area contributed by atoms with Gasteiger partial charge in [-0.25, -0.2) is 4.39 Å². The quantitative estimate of drug-likeness (QED) is 0.614. The number of fused-ring (bicyclic) bond motifs is 1. The highest BCUT2D eigenvalue weighted by Gasteiger charge is 2.48. The molecule has 2 atom stereocenters. The third-order valence-electron chi connectivity index (χ3n) is 5.68. The average molecular weight is 493 g/mol. The van der Waals surface area contributed by atoms with Gasteiger partial charge in [-0.2, -0.15) is 5.26 Å². The molecule has 2 aromatic rings. The van der Waals surface area contributed by atoms with E-state index in [1.807, 2.05) is 19.1 Å². The molecule has 2 aliphatic heterocycles. The number of methoxy groups -OCH3 is 1. The highest BCUT2D eigenvalue weighted by atomic mass is 32.2. The monoisotopic (exact) mass is 492 g/mol. The molecule has 0 spiro atoms. The first-order valence-corrected chi connectivity index (χ1v) is 11.5. The van der Waals surface area contributed by atoms with Crippen LogP contribution in [0.1, 0.15) is 23.5 Å². The number of ether oxygens (including phenoxy) is 1. The van der Waals surface area contributed by atoms with Crippen LogP contribution in [0.3, 0.4) is 0 Å². The summed E-state index contributed by atoms with van der Waals surface area (Å²) in [6, 6.07) is 14.6. The van der Waals surface area contributed by atoms with Crippen molar-refractivity contribution >= 4 is 35.2 Å². The lowest BCUT2D eigenvalue weighted by Crippen LogP contribution is -2.39. The van der Waals surface area contributed by atoms with Crippen molar-refractivity contribution in [2.75, 3.05) is 12.4 Å². The number of aryl methyl sites for hydroxylation is 1. The Morgan fingerprint density at radius 3 is 2.66 bits per heavy atom. The van der Waals surface area contributed by atoms with Gasteiger partial charge in [0.2, 0.25) is 5.91 Å². The van der Waals surface area contributed by atoms with Gasteiger partial charge in [0.1, 0.15) is 16.9 Å². The van der Waals surface area contributed by atoms with Crippen LogP contribution in [0.5, 0.6) is 0 Å². The van der Waals surface area contributed by atoms with Crippen LogP contribution in [0.15, 0.2) is 70.5 Å². The summed E-state index contributed by atoms with van der Waals surface area (Å²) in [5.74, 6) is -3.46. The van der Waals surface area contributed by atoms with Crippen LogP contribution in [0, 0.1) is 24.1 Å². The normalized spacial score (nSPS) is 19.4. The summed E-state index contributed by atoms with van der Waals surface area (Å²) < 4.78 is 18.9. The Bertz CT molecular complexity index is 1350. The molecule has 0 radical (unpaired) electrons. The zero-order valence-electron chi connectivity index (χ0n) is 18.9. The van der Waals surface area contributed by atoms with Crippen molar-refractivity contribution in [3.05, 3.63) is 87.5 Å². The first kappa shape index (κ1) is 24.0. The van der Waals surface area contributed by atoms with E-state index in [0.717, 1.165) is 22.2 Å². The Morgan fingerprint density at radius 2 is 2.00 bits per heavy atom. The molecule has 10 heteroatoms. The molecule has 8 nitrogen and oxygen atoms in total. The predicted octanol–water partition coefficient (Wildman–Crippen LogP) is 3.28. The minimum absolute atomic E-state index is 0.0635. The van der Waals surface area contributed by atoms with E-state index in [9.17, 15) is 24.0 Å². The maximum absolute atomic E-state index is 14.2. The van der Waals surface area contributed by atoms with Crippen LogP contribution >= 0.6 is 11.8 Å². The van der Waals surface area contributed by atoms with Crippen LogP contribution in [0.2, 0.25) is 0 Å². The van der Waals surface area contributed by atoms with Crippen LogP contribution in [-0.4, -0.2) is 35.0 Å². The van der Waals surface area contributed by atoms with Crippen molar-refractivity contribution in [2.45, 2.75) is 24.5 Å². The number of thioether (sulfide) groups is 1. The van der Waals surface area contributed by atoms with Gasteiger partial charge in [-0.05, 0) is 42.3 Å². The molecule has 2 amide bonds. The van der Waals surface area contributed by atoms with Gasteiger partial charge in [0.15, 0.2) is 0 Å². The Labute approximate surface area is 205 Å². The van der Waals surface area contributed by atoms with Crippen molar-refractivity contribution in [1.82, 2.24) is 4.90 Å². The third kappa shape index (κ3) is 4.50. The van der Waals surface area contributed by atoms with Crippen molar-refractivity contribution in [3.63, 3.8) is 0 Å². The lowest BCUT2D eigenvalue weighted by Gasteiger charge is -2.32. The van der Waals surface area contributed by atoms with E-state index < -0.39 is 34.8 Å². The molecule has 0 unspecified atom stereocenters. The number of carbonyl (C=O) groups excluding carboxylic acids is 3. The van der Waals surface area contributed by atoms with Gasteiger partial charge in [-0.15, -0.1) is 0 Å². The summed E-state index contributed by atoms with van der Waals surface area (Å²) in [4.78, 5) is 39.8. The van der Waals surface area contributed by atoms with Gasteiger partial charge in [0.05, 0.1) is 41.7 Å². The van der Waals surface area contributed by atoms with Gasteiger partial charge in [-0.1, -0.05) is 36.0 Å². The fraction of sp³-hybridized carbons (Fsp3) is 0.200. The summed E-state index contributed by atoms with van der Waals surface area (Å²) in [6.45, 7) is 1.87. The van der Waals surface area contributed by atoms with E-state index in [2.05, 4.69) is 5.32 Å². The second kappa shape index (κ2) is 9.64. The number of allylic oxidation sites excluding steroid dienone is 1. The maximum Gasteiger partial charge on any atom is 0.307 e. The molecule has 0 saturated carbocycles. The molecule has 2 heterocycles. The Balaban J connectivity index is 1.88. The molecular formula is C25H21FN4O4S. The largest absolute Gasteiger partial charge is 0.469 e. The molecule has 1 fully saturated rings. The van der Waals surface area contributed by atoms with Crippen LogP contribution < -0.4 is 11.1 Å². The number of hydrogen-bond acceptors (Lipinski definition) is 7. The van der Waals surface area contributed by atoms with Gasteiger partial charge in [-0.3, -0.25) is 19.3 Å². The van der Waals surface area contributed by atoms with Gasteiger partial charge < -0.3 is 15.8 Å². The topological polar surface area (TPSA) is 126 Å². The standard InChI is InChI=1S/C25H21FN4O4S/c1-13-5-3-8-16(9-13)29-23(32)21-20(14-6-4-7-15(26)10-14)17(12-27)22(28)30-24(33)18(35-25(21)30)11-19(31)34-2/h3-10,18,20H,11,28H2,1-2H3,(H,29,32)/t18-,20+/m1/s1. The SMILES string of the molecule is COC(=O)C[C@H]1SC2=C(C(=O)Nc3cccc(C)c3)[C@@H](c3cccc(F)c3)C(C#N)=C(N)N2C1=O. The number of esters is 1. The molecule has 0 aliphatic carbocycles. The highest BCUT2D eigenvalue weighted by Crippen LogP contribution is 2.50. The molecule has 2 aliphatic rings. The fourth-order valence-electron chi connectivity index (χ4n) is 4.08. The van der Waals surface area contributed by atoms with Gasteiger partial charge in [0.25, 0.3) is 5.91 Å². The number of hydrogen-bond donors (Lipinski definition) is 2. The smallest absolute Gasteiger partial charge is 0.307 e. The average Bonchev–Trinajstić information content (AvgIpc) is 3.14. The Morgan fingerprint density at radius 1 is 1.26 bits per heavy atom. The molecule has 35 heavy (non-hydrogen) atoms. The molecule has 4 rings (SSSR count). The third-order valence-corrected chi connectivity index (χ3v) is 6.96. The van der Waals surface area contributed by atoms with E-state index in [1.54, 1.807) is 24.3 Å².